The second-order valence-corrected chi connectivity index (χ2v) is 9.14. The molecule has 3 rings (SSSR count). The summed E-state index contributed by atoms with van der Waals surface area (Å²) in [6.45, 7) is 5.04. The van der Waals surface area contributed by atoms with Gasteiger partial charge in [-0.05, 0) is 72.7 Å². The van der Waals surface area contributed by atoms with E-state index in [0.29, 0.717) is 18.3 Å². The Morgan fingerprint density at radius 2 is 1.93 bits per heavy atom. The normalized spacial score (nSPS) is 15.7. The highest BCUT2D eigenvalue weighted by Gasteiger charge is 2.25. The molecule has 2 unspecified atom stereocenters. The first-order valence-electron chi connectivity index (χ1n) is 10.7. The van der Waals surface area contributed by atoms with Gasteiger partial charge < -0.3 is 9.84 Å². The van der Waals surface area contributed by atoms with E-state index >= 15 is 0 Å². The van der Waals surface area contributed by atoms with Crippen molar-refractivity contribution in [3.8, 4) is 16.9 Å². The van der Waals surface area contributed by atoms with Crippen LogP contribution in [0.4, 0.5) is 0 Å². The van der Waals surface area contributed by atoms with Gasteiger partial charge in [-0.1, -0.05) is 44.9 Å². The van der Waals surface area contributed by atoms with E-state index in [0.717, 1.165) is 41.9 Å². The molecule has 0 bridgehead atoms. The van der Waals surface area contributed by atoms with Crippen LogP contribution >= 0.6 is 11.8 Å². The third-order valence-electron chi connectivity index (χ3n) is 5.70. The predicted molar refractivity (Wildman–Crippen MR) is 121 cm³/mol. The minimum Gasteiger partial charge on any atom is -0.493 e. The molecule has 1 fully saturated rings. The van der Waals surface area contributed by atoms with Gasteiger partial charge in [0.05, 0.1) is 12.5 Å². The molecule has 1 N–H and O–H groups in total. The minimum absolute atomic E-state index is 0.385. The van der Waals surface area contributed by atoms with E-state index in [4.69, 9.17) is 4.74 Å². The van der Waals surface area contributed by atoms with Gasteiger partial charge in [0, 0.05) is 10.5 Å². The smallest absolute Gasteiger partial charge is 0.310 e. The molecule has 0 saturated heterocycles. The maximum absolute atomic E-state index is 12.0. The number of benzene rings is 2. The average Bonchev–Trinajstić information content (AvgIpc) is 3.55. The minimum atomic E-state index is -0.747. The summed E-state index contributed by atoms with van der Waals surface area (Å²) in [5.74, 6) is 0.670. The Balaban J connectivity index is 1.93. The number of ether oxygens (including phenoxy) is 1. The molecule has 2 atom stereocenters. The zero-order valence-corrected chi connectivity index (χ0v) is 18.5. The first kappa shape index (κ1) is 21.8. The number of aliphatic carboxylic acids is 1. The summed E-state index contributed by atoms with van der Waals surface area (Å²) in [4.78, 5) is 13.3. The van der Waals surface area contributed by atoms with Crippen LogP contribution in [0.2, 0.25) is 0 Å². The summed E-state index contributed by atoms with van der Waals surface area (Å²) in [7, 11) is 0. The van der Waals surface area contributed by atoms with E-state index in [9.17, 15) is 9.90 Å². The Kier molecular flexibility index (Phi) is 7.65. The van der Waals surface area contributed by atoms with Crippen molar-refractivity contribution in [3.05, 3.63) is 48.0 Å². The van der Waals surface area contributed by atoms with Gasteiger partial charge >= 0.3 is 5.97 Å². The van der Waals surface area contributed by atoms with Crippen LogP contribution in [-0.4, -0.2) is 23.9 Å². The maximum Gasteiger partial charge on any atom is 0.310 e. The topological polar surface area (TPSA) is 46.5 Å². The SMILES string of the molecule is CCCC(C)CC(C(=O)O)c1ccc(OCC2CC2)c(-c2ccc(SC)cc2)c1. The highest BCUT2D eigenvalue weighted by Crippen LogP contribution is 2.37. The highest BCUT2D eigenvalue weighted by atomic mass is 32.2. The quantitative estimate of drug-likeness (QED) is 0.410. The van der Waals surface area contributed by atoms with E-state index in [1.54, 1.807) is 11.8 Å². The Morgan fingerprint density at radius 1 is 1.21 bits per heavy atom. The summed E-state index contributed by atoms with van der Waals surface area (Å²) in [5, 5.41) is 9.89. The Bertz CT molecular complexity index is 811. The number of carbonyl (C=O) groups is 1. The molecule has 156 valence electrons. The fraction of sp³-hybridized carbons (Fsp3) is 0.480. The zero-order valence-electron chi connectivity index (χ0n) is 17.7. The summed E-state index contributed by atoms with van der Waals surface area (Å²) < 4.78 is 6.13. The Hall–Kier alpha value is -1.94. The molecule has 0 radical (unpaired) electrons. The molecule has 0 spiro atoms. The van der Waals surface area contributed by atoms with Crippen molar-refractivity contribution >= 4 is 17.7 Å². The van der Waals surface area contributed by atoms with Crippen molar-refractivity contribution in [3.63, 3.8) is 0 Å². The van der Waals surface area contributed by atoms with Crippen LogP contribution in [0, 0.1) is 11.8 Å². The van der Waals surface area contributed by atoms with Crippen LogP contribution in [0.1, 0.15) is 57.4 Å². The molecule has 2 aromatic rings. The van der Waals surface area contributed by atoms with Gasteiger partial charge in [0.25, 0.3) is 0 Å². The molecule has 4 heteroatoms. The first-order chi connectivity index (χ1) is 14.0. The molecule has 0 aromatic heterocycles. The molecule has 2 aromatic carbocycles. The van der Waals surface area contributed by atoms with Gasteiger partial charge in [-0.3, -0.25) is 4.79 Å². The van der Waals surface area contributed by atoms with Crippen LogP contribution in [0.5, 0.6) is 5.75 Å². The highest BCUT2D eigenvalue weighted by molar-refractivity contribution is 7.98. The van der Waals surface area contributed by atoms with Crippen molar-refractivity contribution in [2.24, 2.45) is 11.8 Å². The fourth-order valence-corrected chi connectivity index (χ4v) is 4.18. The van der Waals surface area contributed by atoms with Gasteiger partial charge in [-0.2, -0.15) is 0 Å². The van der Waals surface area contributed by atoms with Gasteiger partial charge in [0.1, 0.15) is 5.75 Å². The van der Waals surface area contributed by atoms with Crippen LogP contribution in [0.15, 0.2) is 47.4 Å². The molecule has 1 saturated carbocycles. The molecule has 0 aliphatic heterocycles. The molecule has 1 aliphatic carbocycles. The molecular formula is C25H32O3S. The number of hydrogen-bond donors (Lipinski definition) is 1. The molecule has 0 amide bonds. The lowest BCUT2D eigenvalue weighted by Gasteiger charge is -2.20. The molecule has 1 aliphatic rings. The molecule has 3 nitrogen and oxygen atoms in total. The summed E-state index contributed by atoms with van der Waals surface area (Å²) in [5.41, 5.74) is 2.93. The number of hydrogen-bond acceptors (Lipinski definition) is 3. The van der Waals surface area contributed by atoms with E-state index in [-0.39, 0.29) is 0 Å². The van der Waals surface area contributed by atoms with Crippen LogP contribution in [0.25, 0.3) is 11.1 Å². The zero-order chi connectivity index (χ0) is 20.8. The summed E-state index contributed by atoms with van der Waals surface area (Å²) >= 11 is 1.71. The Labute approximate surface area is 178 Å². The van der Waals surface area contributed by atoms with Crippen LogP contribution in [-0.2, 0) is 4.79 Å². The van der Waals surface area contributed by atoms with Gasteiger partial charge in [0.2, 0.25) is 0 Å². The van der Waals surface area contributed by atoms with Crippen molar-refractivity contribution < 1.29 is 14.6 Å². The lowest BCUT2D eigenvalue weighted by Crippen LogP contribution is -2.15. The van der Waals surface area contributed by atoms with E-state index in [2.05, 4.69) is 44.4 Å². The molecular weight excluding hydrogens is 380 g/mol. The van der Waals surface area contributed by atoms with E-state index in [1.807, 2.05) is 18.2 Å². The number of carboxylic acids is 1. The van der Waals surface area contributed by atoms with Gasteiger partial charge in [-0.25, -0.2) is 0 Å². The van der Waals surface area contributed by atoms with Crippen molar-refractivity contribution in [2.45, 2.75) is 56.8 Å². The third-order valence-corrected chi connectivity index (χ3v) is 6.44. The monoisotopic (exact) mass is 412 g/mol. The molecule has 29 heavy (non-hydrogen) atoms. The Morgan fingerprint density at radius 3 is 2.52 bits per heavy atom. The van der Waals surface area contributed by atoms with Gasteiger partial charge in [0.15, 0.2) is 0 Å². The second-order valence-electron chi connectivity index (χ2n) is 8.26. The lowest BCUT2D eigenvalue weighted by atomic mass is 9.86. The average molecular weight is 413 g/mol. The third kappa shape index (κ3) is 6.02. The van der Waals surface area contributed by atoms with Gasteiger partial charge in [-0.15, -0.1) is 11.8 Å². The molecule has 0 heterocycles. The first-order valence-corrected chi connectivity index (χ1v) is 11.9. The summed E-state index contributed by atoms with van der Waals surface area (Å²) in [6, 6.07) is 14.4. The summed E-state index contributed by atoms with van der Waals surface area (Å²) in [6.07, 6.45) is 7.34. The van der Waals surface area contributed by atoms with Crippen LogP contribution < -0.4 is 4.74 Å². The van der Waals surface area contributed by atoms with Crippen LogP contribution in [0.3, 0.4) is 0 Å². The van der Waals surface area contributed by atoms with Crippen molar-refractivity contribution in [2.75, 3.05) is 12.9 Å². The van der Waals surface area contributed by atoms with Crippen molar-refractivity contribution in [1.82, 2.24) is 0 Å². The number of thioether (sulfide) groups is 1. The largest absolute Gasteiger partial charge is 0.493 e. The van der Waals surface area contributed by atoms with E-state index in [1.165, 1.54) is 17.7 Å². The number of rotatable bonds is 11. The lowest BCUT2D eigenvalue weighted by molar-refractivity contribution is -0.139. The standard InChI is InChI=1S/C25H32O3S/c1-4-5-17(2)14-23(25(26)27)20-10-13-24(28-16-18-6-7-18)22(15-20)19-8-11-21(29-3)12-9-19/h8-13,15,17-18,23H,4-7,14,16H2,1-3H3,(H,26,27). The van der Waals surface area contributed by atoms with Crippen molar-refractivity contribution in [1.29, 1.82) is 0 Å². The second kappa shape index (κ2) is 10.2. The fourth-order valence-electron chi connectivity index (χ4n) is 3.77. The maximum atomic E-state index is 12.0. The number of carboxylic acid groups (broad SMARTS) is 1. The van der Waals surface area contributed by atoms with E-state index < -0.39 is 11.9 Å². The predicted octanol–water partition coefficient (Wildman–Crippen LogP) is 6.86.